The van der Waals surface area contributed by atoms with E-state index < -0.39 is 5.97 Å². The number of hydrogen-bond donors (Lipinski definition) is 1. The largest absolute Gasteiger partial charge is 0.481 e. The van der Waals surface area contributed by atoms with Gasteiger partial charge in [-0.05, 0) is 31.1 Å². The molecular formula is C15H23NO2. The third kappa shape index (κ3) is 8.53. The molecule has 0 saturated heterocycles. The highest BCUT2D eigenvalue weighted by molar-refractivity contribution is 5.62. The van der Waals surface area contributed by atoms with Gasteiger partial charge in [0, 0.05) is 13.5 Å². The molecule has 0 unspecified atom stereocenters. The van der Waals surface area contributed by atoms with E-state index in [0.717, 1.165) is 26.4 Å². The molecule has 0 aliphatic rings. The Kier molecular flexibility index (Phi) is 8.58. The number of hydrogen-bond acceptors (Lipinski definition) is 2. The summed E-state index contributed by atoms with van der Waals surface area (Å²) in [5.74, 6) is -0.833. The number of rotatable bonds is 5. The molecule has 0 heterocycles. The van der Waals surface area contributed by atoms with Crippen LogP contribution in [0.2, 0.25) is 0 Å². The molecule has 0 spiro atoms. The predicted molar refractivity (Wildman–Crippen MR) is 76.7 cm³/mol. The zero-order valence-electron chi connectivity index (χ0n) is 11.5. The summed E-state index contributed by atoms with van der Waals surface area (Å²) in [6.45, 7) is 9.25. The molecule has 1 aromatic rings. The van der Waals surface area contributed by atoms with Crippen molar-refractivity contribution in [3.8, 4) is 0 Å². The highest BCUT2D eigenvalue weighted by Gasteiger charge is 1.96. The average molecular weight is 249 g/mol. The van der Waals surface area contributed by atoms with Crippen LogP contribution in [0.1, 0.15) is 25.0 Å². The van der Waals surface area contributed by atoms with Crippen molar-refractivity contribution >= 4 is 12.0 Å². The van der Waals surface area contributed by atoms with Crippen LogP contribution >= 0.6 is 0 Å². The summed E-state index contributed by atoms with van der Waals surface area (Å²) >= 11 is 0. The third-order valence-corrected chi connectivity index (χ3v) is 2.54. The summed E-state index contributed by atoms with van der Waals surface area (Å²) in [7, 11) is 2.15. The van der Waals surface area contributed by atoms with Gasteiger partial charge in [-0.2, -0.15) is 0 Å². The lowest BCUT2D eigenvalue weighted by molar-refractivity contribution is -0.134. The molecule has 0 radical (unpaired) electrons. The number of benzene rings is 1. The lowest BCUT2D eigenvalue weighted by Gasteiger charge is -2.13. The van der Waals surface area contributed by atoms with Crippen molar-refractivity contribution in [3.05, 3.63) is 42.0 Å². The van der Waals surface area contributed by atoms with Crippen molar-refractivity contribution in [1.29, 1.82) is 0 Å². The van der Waals surface area contributed by atoms with Gasteiger partial charge in [-0.1, -0.05) is 43.8 Å². The molecule has 3 heteroatoms. The Morgan fingerprint density at radius 1 is 1.39 bits per heavy atom. The minimum absolute atomic E-state index is 0.833. The maximum Gasteiger partial charge on any atom is 0.300 e. The second-order valence-corrected chi connectivity index (χ2v) is 4.11. The van der Waals surface area contributed by atoms with E-state index in [1.807, 2.05) is 6.08 Å². The molecular weight excluding hydrogens is 226 g/mol. The molecule has 0 saturated carbocycles. The van der Waals surface area contributed by atoms with Gasteiger partial charge in [0.2, 0.25) is 0 Å². The minimum Gasteiger partial charge on any atom is -0.481 e. The van der Waals surface area contributed by atoms with Crippen molar-refractivity contribution in [2.45, 2.75) is 20.3 Å². The van der Waals surface area contributed by atoms with Gasteiger partial charge in [-0.15, -0.1) is 0 Å². The van der Waals surface area contributed by atoms with E-state index in [9.17, 15) is 0 Å². The monoisotopic (exact) mass is 249 g/mol. The number of carboxylic acids is 1. The van der Waals surface area contributed by atoms with Gasteiger partial charge in [-0.25, -0.2) is 0 Å². The first-order chi connectivity index (χ1) is 8.49. The summed E-state index contributed by atoms with van der Waals surface area (Å²) in [6, 6.07) is 8.60. The fourth-order valence-electron chi connectivity index (χ4n) is 1.30. The van der Waals surface area contributed by atoms with Gasteiger partial charge >= 0.3 is 0 Å². The van der Waals surface area contributed by atoms with Crippen LogP contribution in [-0.4, -0.2) is 36.1 Å². The molecule has 0 aliphatic carbocycles. The first kappa shape index (κ1) is 16.4. The first-order valence-electron chi connectivity index (χ1n) is 6.09. The van der Waals surface area contributed by atoms with Crippen LogP contribution < -0.4 is 0 Å². The Morgan fingerprint density at radius 2 is 1.89 bits per heavy atom. The zero-order valence-corrected chi connectivity index (χ0v) is 11.5. The van der Waals surface area contributed by atoms with E-state index in [-0.39, 0.29) is 0 Å². The van der Waals surface area contributed by atoms with Crippen LogP contribution in [0.5, 0.6) is 0 Å². The van der Waals surface area contributed by atoms with Crippen LogP contribution in [0.15, 0.2) is 30.8 Å². The van der Waals surface area contributed by atoms with E-state index in [4.69, 9.17) is 9.90 Å². The van der Waals surface area contributed by atoms with Crippen molar-refractivity contribution in [1.82, 2.24) is 4.90 Å². The number of nitrogens with zero attached hydrogens (tertiary/aromatic N) is 1. The minimum atomic E-state index is -0.833. The van der Waals surface area contributed by atoms with E-state index in [1.165, 1.54) is 11.1 Å². The number of carboxylic acid groups (broad SMARTS) is 1. The first-order valence-corrected chi connectivity index (χ1v) is 6.09. The van der Waals surface area contributed by atoms with Gasteiger partial charge in [0.1, 0.15) is 0 Å². The molecule has 1 N–H and O–H groups in total. The summed E-state index contributed by atoms with van der Waals surface area (Å²) in [5.41, 5.74) is 2.59. The molecule has 0 aromatic heterocycles. The number of likely N-dealkylation sites (N-methyl/N-ethyl adjacent to an activating group) is 1. The maximum atomic E-state index is 9.00. The second kappa shape index (κ2) is 9.42. The summed E-state index contributed by atoms with van der Waals surface area (Å²) < 4.78 is 0. The Labute approximate surface area is 110 Å². The van der Waals surface area contributed by atoms with Gasteiger partial charge in [0.05, 0.1) is 0 Å². The maximum absolute atomic E-state index is 9.00. The molecule has 18 heavy (non-hydrogen) atoms. The lowest BCUT2D eigenvalue weighted by Crippen LogP contribution is -2.20. The van der Waals surface area contributed by atoms with Crippen molar-refractivity contribution in [2.75, 3.05) is 20.1 Å². The fourth-order valence-corrected chi connectivity index (χ4v) is 1.30. The van der Waals surface area contributed by atoms with Crippen molar-refractivity contribution in [2.24, 2.45) is 0 Å². The van der Waals surface area contributed by atoms with Crippen molar-refractivity contribution in [3.63, 3.8) is 0 Å². The van der Waals surface area contributed by atoms with E-state index in [0.29, 0.717) is 0 Å². The molecule has 0 bridgehead atoms. The van der Waals surface area contributed by atoms with Crippen molar-refractivity contribution < 1.29 is 9.90 Å². The molecule has 0 amide bonds. The predicted octanol–water partition coefficient (Wildman–Crippen LogP) is 2.91. The zero-order chi connectivity index (χ0) is 14.0. The van der Waals surface area contributed by atoms with Crippen LogP contribution in [0, 0.1) is 0 Å². The van der Waals surface area contributed by atoms with E-state index >= 15 is 0 Å². The highest BCUT2D eigenvalue weighted by atomic mass is 16.4. The fraction of sp³-hybridized carbons (Fsp3) is 0.400. The molecule has 0 atom stereocenters. The molecule has 0 fully saturated rings. The topological polar surface area (TPSA) is 40.5 Å². The summed E-state index contributed by atoms with van der Waals surface area (Å²) in [4.78, 5) is 11.3. The number of carbonyl (C=O) groups is 1. The smallest absolute Gasteiger partial charge is 0.300 e. The van der Waals surface area contributed by atoms with Crippen LogP contribution in [0.25, 0.3) is 6.08 Å². The normalized spacial score (nSPS) is 9.56. The summed E-state index contributed by atoms with van der Waals surface area (Å²) in [5, 5.41) is 7.42. The molecule has 0 aliphatic heterocycles. The Bertz CT molecular complexity index is 353. The standard InChI is InChI=1S/C13H19N.C2H4O2/c1-4-12-6-8-13(9-7-12)10-11-14(3)5-2;1-2(3)4/h4,6-9H,1,5,10-11H2,2-3H3;1H3,(H,3,4). The van der Waals surface area contributed by atoms with Gasteiger partial charge in [-0.3, -0.25) is 4.79 Å². The Balaban J connectivity index is 0.000000631. The van der Waals surface area contributed by atoms with E-state index in [1.54, 1.807) is 0 Å². The Morgan fingerprint density at radius 3 is 2.28 bits per heavy atom. The SMILES string of the molecule is C=Cc1ccc(CCN(C)CC)cc1.CC(=O)O. The van der Waals surface area contributed by atoms with Gasteiger partial charge in [0.25, 0.3) is 5.97 Å². The average Bonchev–Trinajstić information content (AvgIpc) is 2.35. The molecule has 1 aromatic carbocycles. The van der Waals surface area contributed by atoms with Gasteiger partial charge < -0.3 is 10.0 Å². The quantitative estimate of drug-likeness (QED) is 0.872. The second-order valence-electron chi connectivity index (χ2n) is 4.11. The molecule has 3 nitrogen and oxygen atoms in total. The highest BCUT2D eigenvalue weighted by Crippen LogP contribution is 2.06. The number of aliphatic carboxylic acids is 1. The van der Waals surface area contributed by atoms with Crippen LogP contribution in [0.3, 0.4) is 0 Å². The molecule has 1 rings (SSSR count). The van der Waals surface area contributed by atoms with Crippen LogP contribution in [0.4, 0.5) is 0 Å². The third-order valence-electron chi connectivity index (χ3n) is 2.54. The van der Waals surface area contributed by atoms with Crippen LogP contribution in [-0.2, 0) is 11.2 Å². The summed E-state index contributed by atoms with van der Waals surface area (Å²) in [6.07, 6.45) is 3.00. The Hall–Kier alpha value is -1.61. The van der Waals surface area contributed by atoms with E-state index in [2.05, 4.69) is 49.7 Å². The molecule has 100 valence electrons. The van der Waals surface area contributed by atoms with Gasteiger partial charge in [0.15, 0.2) is 0 Å². The lowest BCUT2D eigenvalue weighted by atomic mass is 10.1.